The third-order valence-corrected chi connectivity index (χ3v) is 3.68. The number of hydrogen-bond acceptors (Lipinski definition) is 2. The molecule has 0 amide bonds. The second-order valence-electron chi connectivity index (χ2n) is 3.94. The monoisotopic (exact) mass is 336 g/mol. The van der Waals surface area contributed by atoms with Gasteiger partial charge in [0.25, 0.3) is 0 Å². The highest BCUT2D eigenvalue weighted by atomic mass is 127. The van der Waals surface area contributed by atoms with E-state index >= 15 is 0 Å². The highest BCUT2D eigenvalue weighted by Crippen LogP contribution is 2.29. The standard InChI is InChI=1S/C11H14ClIN2/c12-10-6-8(13)3-4-11(10)15-5-1-2-9(14)7-15/h3-4,6,9H,1-2,5,7,14H2. The lowest BCUT2D eigenvalue weighted by Gasteiger charge is -2.33. The second-order valence-corrected chi connectivity index (χ2v) is 5.60. The van der Waals surface area contributed by atoms with E-state index in [-0.39, 0.29) is 6.04 Å². The van der Waals surface area contributed by atoms with Gasteiger partial charge in [-0.25, -0.2) is 0 Å². The molecule has 4 heteroatoms. The van der Waals surface area contributed by atoms with E-state index in [1.807, 2.05) is 6.07 Å². The van der Waals surface area contributed by atoms with Crippen LogP contribution in [0.5, 0.6) is 0 Å². The number of benzene rings is 1. The molecule has 15 heavy (non-hydrogen) atoms. The molecule has 0 bridgehead atoms. The fourth-order valence-corrected chi connectivity index (χ4v) is 2.94. The summed E-state index contributed by atoms with van der Waals surface area (Å²) in [6, 6.07) is 6.45. The van der Waals surface area contributed by atoms with E-state index in [1.54, 1.807) is 0 Å². The lowest BCUT2D eigenvalue weighted by molar-refractivity contribution is 0.506. The first kappa shape index (κ1) is 11.5. The van der Waals surface area contributed by atoms with Crippen molar-refractivity contribution in [1.29, 1.82) is 0 Å². The molecule has 1 atom stereocenters. The van der Waals surface area contributed by atoms with Crippen LogP contribution in [0.4, 0.5) is 5.69 Å². The maximum Gasteiger partial charge on any atom is 0.0650 e. The first-order valence-electron chi connectivity index (χ1n) is 5.12. The minimum absolute atomic E-state index is 0.286. The van der Waals surface area contributed by atoms with E-state index in [2.05, 4.69) is 39.6 Å². The molecule has 1 aliphatic heterocycles. The first-order valence-corrected chi connectivity index (χ1v) is 6.58. The highest BCUT2D eigenvalue weighted by molar-refractivity contribution is 14.1. The van der Waals surface area contributed by atoms with Crippen molar-refractivity contribution < 1.29 is 0 Å². The highest BCUT2D eigenvalue weighted by Gasteiger charge is 2.18. The zero-order valence-corrected chi connectivity index (χ0v) is 11.3. The van der Waals surface area contributed by atoms with Crippen LogP contribution < -0.4 is 10.6 Å². The fourth-order valence-electron chi connectivity index (χ4n) is 1.97. The molecule has 0 aliphatic carbocycles. The predicted molar refractivity (Wildman–Crippen MR) is 73.6 cm³/mol. The van der Waals surface area contributed by atoms with Crippen LogP contribution in [0.3, 0.4) is 0 Å². The van der Waals surface area contributed by atoms with Crippen LogP contribution in [0.25, 0.3) is 0 Å². The molecule has 0 saturated carbocycles. The summed E-state index contributed by atoms with van der Waals surface area (Å²) >= 11 is 8.49. The van der Waals surface area contributed by atoms with Crippen LogP contribution in [0.2, 0.25) is 5.02 Å². The SMILES string of the molecule is NC1CCCN(c2ccc(I)cc2Cl)C1. The quantitative estimate of drug-likeness (QED) is 0.799. The topological polar surface area (TPSA) is 29.3 Å². The van der Waals surface area contributed by atoms with Gasteiger partial charge in [0, 0.05) is 22.7 Å². The number of halogens is 2. The molecule has 1 heterocycles. The van der Waals surface area contributed by atoms with Crippen LogP contribution in [0, 0.1) is 3.57 Å². The van der Waals surface area contributed by atoms with Crippen LogP contribution in [-0.4, -0.2) is 19.1 Å². The van der Waals surface area contributed by atoms with E-state index in [1.165, 1.54) is 3.57 Å². The van der Waals surface area contributed by atoms with Gasteiger partial charge in [0.2, 0.25) is 0 Å². The van der Waals surface area contributed by atoms with Crippen LogP contribution in [-0.2, 0) is 0 Å². The van der Waals surface area contributed by atoms with Crippen molar-refractivity contribution in [3.05, 3.63) is 26.8 Å². The minimum Gasteiger partial charge on any atom is -0.369 e. The molecule has 1 unspecified atom stereocenters. The Labute approximate surface area is 109 Å². The van der Waals surface area contributed by atoms with Crippen molar-refractivity contribution in [2.24, 2.45) is 5.73 Å². The Kier molecular flexibility index (Phi) is 3.74. The van der Waals surface area contributed by atoms with Gasteiger partial charge in [-0.2, -0.15) is 0 Å². The van der Waals surface area contributed by atoms with Crippen molar-refractivity contribution in [3.8, 4) is 0 Å². The molecule has 1 fully saturated rings. The van der Waals surface area contributed by atoms with Crippen molar-refractivity contribution in [3.63, 3.8) is 0 Å². The Bertz CT molecular complexity index is 356. The van der Waals surface area contributed by atoms with Gasteiger partial charge in [0.1, 0.15) is 0 Å². The molecule has 2 N–H and O–H groups in total. The summed E-state index contributed by atoms with van der Waals surface area (Å²) < 4.78 is 1.17. The summed E-state index contributed by atoms with van der Waals surface area (Å²) in [5.41, 5.74) is 7.07. The molecule has 1 aromatic rings. The number of nitrogens with two attached hydrogens (primary N) is 1. The normalized spacial score (nSPS) is 21.8. The smallest absolute Gasteiger partial charge is 0.0650 e. The number of hydrogen-bond donors (Lipinski definition) is 1. The maximum absolute atomic E-state index is 6.22. The van der Waals surface area contributed by atoms with Crippen LogP contribution >= 0.6 is 34.2 Å². The second kappa shape index (κ2) is 4.89. The maximum atomic E-state index is 6.22. The molecular formula is C11H14ClIN2. The molecule has 0 spiro atoms. The number of nitrogens with zero attached hydrogens (tertiary/aromatic N) is 1. The molecule has 0 aromatic heterocycles. The molecule has 1 saturated heterocycles. The average Bonchev–Trinajstić information content (AvgIpc) is 2.17. The lowest BCUT2D eigenvalue weighted by atomic mass is 10.1. The van der Waals surface area contributed by atoms with Crippen molar-refractivity contribution in [1.82, 2.24) is 0 Å². The third-order valence-electron chi connectivity index (χ3n) is 2.71. The van der Waals surface area contributed by atoms with Crippen molar-refractivity contribution >= 4 is 39.9 Å². The number of piperidine rings is 1. The van der Waals surface area contributed by atoms with E-state index in [9.17, 15) is 0 Å². The average molecular weight is 337 g/mol. The van der Waals surface area contributed by atoms with Gasteiger partial charge < -0.3 is 10.6 Å². The Hall–Kier alpha value is -0.0000000000000000555. The summed E-state index contributed by atoms with van der Waals surface area (Å²) in [6.45, 7) is 1.98. The molecule has 2 rings (SSSR count). The Morgan fingerprint density at radius 3 is 2.93 bits per heavy atom. The van der Waals surface area contributed by atoms with Crippen LogP contribution in [0.15, 0.2) is 18.2 Å². The summed E-state index contributed by atoms with van der Waals surface area (Å²) in [4.78, 5) is 2.28. The van der Waals surface area contributed by atoms with Gasteiger partial charge in [-0.3, -0.25) is 0 Å². The van der Waals surface area contributed by atoms with E-state index in [0.717, 1.165) is 36.6 Å². The summed E-state index contributed by atoms with van der Waals surface area (Å²) in [6.07, 6.45) is 2.28. The van der Waals surface area contributed by atoms with Gasteiger partial charge in [0.05, 0.1) is 10.7 Å². The molecule has 1 aliphatic rings. The Morgan fingerprint density at radius 1 is 1.47 bits per heavy atom. The first-order chi connectivity index (χ1) is 7.16. The zero-order valence-electron chi connectivity index (χ0n) is 8.42. The van der Waals surface area contributed by atoms with Gasteiger partial charge in [-0.15, -0.1) is 0 Å². The van der Waals surface area contributed by atoms with Crippen molar-refractivity contribution in [2.45, 2.75) is 18.9 Å². The van der Waals surface area contributed by atoms with Gasteiger partial charge in [-0.05, 0) is 53.6 Å². The number of rotatable bonds is 1. The van der Waals surface area contributed by atoms with Gasteiger partial charge in [0.15, 0.2) is 0 Å². The zero-order chi connectivity index (χ0) is 10.8. The molecular weight excluding hydrogens is 322 g/mol. The lowest BCUT2D eigenvalue weighted by Crippen LogP contribution is -2.42. The number of anilines is 1. The molecule has 0 radical (unpaired) electrons. The van der Waals surface area contributed by atoms with E-state index in [0.29, 0.717) is 0 Å². The Morgan fingerprint density at radius 2 is 2.27 bits per heavy atom. The largest absolute Gasteiger partial charge is 0.369 e. The Balaban J connectivity index is 2.21. The van der Waals surface area contributed by atoms with Crippen molar-refractivity contribution in [2.75, 3.05) is 18.0 Å². The molecule has 82 valence electrons. The molecule has 1 aromatic carbocycles. The van der Waals surface area contributed by atoms with Crippen LogP contribution in [0.1, 0.15) is 12.8 Å². The summed E-state index contributed by atoms with van der Waals surface area (Å²) in [5.74, 6) is 0. The van der Waals surface area contributed by atoms with E-state index in [4.69, 9.17) is 17.3 Å². The van der Waals surface area contributed by atoms with Gasteiger partial charge in [-0.1, -0.05) is 11.6 Å². The predicted octanol–water partition coefficient (Wildman–Crippen LogP) is 2.87. The van der Waals surface area contributed by atoms with Gasteiger partial charge >= 0.3 is 0 Å². The van der Waals surface area contributed by atoms with E-state index < -0.39 is 0 Å². The minimum atomic E-state index is 0.286. The third kappa shape index (κ3) is 2.77. The molecule has 2 nitrogen and oxygen atoms in total. The summed E-state index contributed by atoms with van der Waals surface area (Å²) in [7, 11) is 0. The summed E-state index contributed by atoms with van der Waals surface area (Å²) in [5, 5.41) is 0.830. The fraction of sp³-hybridized carbons (Fsp3) is 0.455.